The number of nitrogens with zero attached hydrogens (tertiary/aromatic N) is 3. The first-order chi connectivity index (χ1) is 10.5. The first-order valence-electron chi connectivity index (χ1n) is 7.76. The van der Waals surface area contributed by atoms with Crippen molar-refractivity contribution in [3.8, 4) is 0 Å². The minimum atomic E-state index is -0.143. The summed E-state index contributed by atoms with van der Waals surface area (Å²) in [7, 11) is 0. The zero-order valence-corrected chi connectivity index (χ0v) is 13.3. The molecule has 1 unspecified atom stereocenters. The highest BCUT2D eigenvalue weighted by molar-refractivity contribution is 6.01. The largest absolute Gasteiger partial charge is 0.396 e. The highest BCUT2D eigenvalue weighted by Gasteiger charge is 2.33. The molecule has 0 aliphatic heterocycles. The minimum Gasteiger partial charge on any atom is -0.396 e. The van der Waals surface area contributed by atoms with Crippen LogP contribution in [0.5, 0.6) is 0 Å². The number of aliphatic hydroxyl groups excluding tert-OH is 1. The van der Waals surface area contributed by atoms with Gasteiger partial charge in [0.15, 0.2) is 5.65 Å². The summed E-state index contributed by atoms with van der Waals surface area (Å²) in [5, 5.41) is 16.7. The Bertz CT molecular complexity index is 718. The van der Waals surface area contributed by atoms with E-state index < -0.39 is 0 Å². The summed E-state index contributed by atoms with van der Waals surface area (Å²) in [6.45, 7) is 5.78. The molecule has 3 rings (SSSR count). The van der Waals surface area contributed by atoms with Gasteiger partial charge in [-0.3, -0.25) is 4.79 Å². The summed E-state index contributed by atoms with van der Waals surface area (Å²) in [5.41, 5.74) is 3.64. The number of aryl methyl sites for hydroxylation is 3. The molecule has 2 aromatic rings. The Kier molecular flexibility index (Phi) is 3.87. The van der Waals surface area contributed by atoms with Crippen LogP contribution in [-0.2, 0) is 0 Å². The van der Waals surface area contributed by atoms with Crippen LogP contribution in [0, 0.1) is 26.7 Å². The Morgan fingerprint density at radius 1 is 1.45 bits per heavy atom. The quantitative estimate of drug-likeness (QED) is 0.878. The fourth-order valence-corrected chi connectivity index (χ4v) is 3.00. The number of carbonyl (C=O) groups is 1. The Hall–Kier alpha value is -1.95. The van der Waals surface area contributed by atoms with Gasteiger partial charge in [0, 0.05) is 24.0 Å². The molecule has 0 saturated heterocycles. The molecular formula is C16H22N4O2. The number of hydrogen-bond acceptors (Lipinski definition) is 4. The maximum atomic E-state index is 12.7. The van der Waals surface area contributed by atoms with Gasteiger partial charge in [0.1, 0.15) is 5.56 Å². The summed E-state index contributed by atoms with van der Waals surface area (Å²) in [4.78, 5) is 17.2. The average Bonchev–Trinajstić information content (AvgIpc) is 3.22. The van der Waals surface area contributed by atoms with Gasteiger partial charge in [0.2, 0.25) is 0 Å². The maximum absolute atomic E-state index is 12.7. The molecule has 1 fully saturated rings. The SMILES string of the molecule is Cc1cc(C)n2nc(C)c(C(=O)NC(CCO)C3CC3)c2n1. The molecule has 1 atom stereocenters. The van der Waals surface area contributed by atoms with Crippen LogP contribution in [0.15, 0.2) is 6.07 Å². The lowest BCUT2D eigenvalue weighted by atomic mass is 10.1. The Balaban J connectivity index is 1.94. The molecule has 2 N–H and O–H groups in total. The molecule has 1 aliphatic carbocycles. The van der Waals surface area contributed by atoms with Crippen molar-refractivity contribution in [1.82, 2.24) is 19.9 Å². The molecule has 1 saturated carbocycles. The van der Waals surface area contributed by atoms with Crippen LogP contribution >= 0.6 is 0 Å². The van der Waals surface area contributed by atoms with Crippen molar-refractivity contribution in [3.63, 3.8) is 0 Å². The molecule has 0 bridgehead atoms. The lowest BCUT2D eigenvalue weighted by molar-refractivity contribution is 0.0925. The van der Waals surface area contributed by atoms with E-state index in [-0.39, 0.29) is 18.6 Å². The van der Waals surface area contributed by atoms with E-state index in [1.807, 2.05) is 26.8 Å². The fourth-order valence-electron chi connectivity index (χ4n) is 3.00. The van der Waals surface area contributed by atoms with Crippen molar-refractivity contribution in [1.29, 1.82) is 0 Å². The van der Waals surface area contributed by atoms with Gasteiger partial charge in [-0.1, -0.05) is 0 Å². The third-order valence-corrected chi connectivity index (χ3v) is 4.24. The smallest absolute Gasteiger partial charge is 0.257 e. The van der Waals surface area contributed by atoms with E-state index in [1.54, 1.807) is 4.52 Å². The molecule has 2 heterocycles. The van der Waals surface area contributed by atoms with Gasteiger partial charge < -0.3 is 10.4 Å². The van der Waals surface area contributed by atoms with E-state index in [1.165, 1.54) is 0 Å². The first kappa shape index (κ1) is 15.0. The number of nitrogens with one attached hydrogen (secondary N) is 1. The number of aliphatic hydroxyl groups is 1. The molecule has 6 heteroatoms. The summed E-state index contributed by atoms with van der Waals surface area (Å²) < 4.78 is 1.72. The first-order valence-corrected chi connectivity index (χ1v) is 7.76. The van der Waals surface area contributed by atoms with Crippen molar-refractivity contribution in [2.75, 3.05) is 6.61 Å². The highest BCUT2D eigenvalue weighted by Crippen LogP contribution is 2.34. The van der Waals surface area contributed by atoms with Crippen molar-refractivity contribution in [2.24, 2.45) is 5.92 Å². The van der Waals surface area contributed by atoms with E-state index in [0.29, 0.717) is 29.2 Å². The molecule has 22 heavy (non-hydrogen) atoms. The second-order valence-corrected chi connectivity index (χ2v) is 6.16. The maximum Gasteiger partial charge on any atom is 0.257 e. The molecule has 0 radical (unpaired) electrons. The van der Waals surface area contributed by atoms with Crippen molar-refractivity contribution in [3.05, 3.63) is 28.7 Å². The number of rotatable bonds is 5. The van der Waals surface area contributed by atoms with Crippen molar-refractivity contribution in [2.45, 2.75) is 46.1 Å². The Labute approximate surface area is 129 Å². The normalized spacial score (nSPS) is 16.0. The van der Waals surface area contributed by atoms with E-state index in [4.69, 9.17) is 0 Å². The monoisotopic (exact) mass is 302 g/mol. The highest BCUT2D eigenvalue weighted by atomic mass is 16.3. The molecular weight excluding hydrogens is 280 g/mol. The molecule has 0 spiro atoms. The number of aromatic nitrogens is 3. The summed E-state index contributed by atoms with van der Waals surface area (Å²) in [6, 6.07) is 1.98. The average molecular weight is 302 g/mol. The van der Waals surface area contributed by atoms with E-state index in [9.17, 15) is 9.90 Å². The predicted octanol–water partition coefficient (Wildman–Crippen LogP) is 1.55. The fraction of sp³-hybridized carbons (Fsp3) is 0.562. The predicted molar refractivity (Wildman–Crippen MR) is 82.9 cm³/mol. The Morgan fingerprint density at radius 2 is 2.18 bits per heavy atom. The summed E-state index contributed by atoms with van der Waals surface area (Å²) >= 11 is 0. The number of hydrogen-bond donors (Lipinski definition) is 2. The van der Waals surface area contributed by atoms with Gasteiger partial charge in [-0.15, -0.1) is 0 Å². The third kappa shape index (κ3) is 2.70. The van der Waals surface area contributed by atoms with Crippen LogP contribution in [0.4, 0.5) is 0 Å². The van der Waals surface area contributed by atoms with E-state index in [0.717, 1.165) is 24.2 Å². The van der Waals surface area contributed by atoms with Gasteiger partial charge in [0.05, 0.1) is 5.69 Å². The molecule has 2 aromatic heterocycles. The minimum absolute atomic E-state index is 0.0396. The van der Waals surface area contributed by atoms with Crippen LogP contribution in [-0.4, -0.2) is 38.3 Å². The van der Waals surface area contributed by atoms with Gasteiger partial charge in [-0.2, -0.15) is 5.10 Å². The van der Waals surface area contributed by atoms with Crippen LogP contribution in [0.3, 0.4) is 0 Å². The zero-order valence-electron chi connectivity index (χ0n) is 13.3. The lowest BCUT2D eigenvalue weighted by Crippen LogP contribution is -2.37. The number of carbonyl (C=O) groups excluding carboxylic acids is 1. The lowest BCUT2D eigenvalue weighted by Gasteiger charge is -2.16. The van der Waals surface area contributed by atoms with Crippen LogP contribution in [0.2, 0.25) is 0 Å². The second-order valence-electron chi connectivity index (χ2n) is 6.16. The number of fused-ring (bicyclic) bond motifs is 1. The van der Waals surface area contributed by atoms with Crippen molar-refractivity contribution >= 4 is 11.6 Å². The number of amides is 1. The van der Waals surface area contributed by atoms with Gasteiger partial charge in [-0.25, -0.2) is 9.50 Å². The van der Waals surface area contributed by atoms with Gasteiger partial charge in [0.25, 0.3) is 5.91 Å². The zero-order chi connectivity index (χ0) is 15.9. The van der Waals surface area contributed by atoms with Gasteiger partial charge >= 0.3 is 0 Å². The van der Waals surface area contributed by atoms with Gasteiger partial charge in [-0.05, 0) is 52.0 Å². The second kappa shape index (κ2) is 5.68. The molecule has 1 aliphatic rings. The topological polar surface area (TPSA) is 79.5 Å². The molecule has 118 valence electrons. The summed E-state index contributed by atoms with van der Waals surface area (Å²) in [6.07, 6.45) is 2.84. The molecule has 6 nitrogen and oxygen atoms in total. The van der Waals surface area contributed by atoms with Crippen LogP contribution in [0.25, 0.3) is 5.65 Å². The standard InChI is InChI=1S/C16H22N4O2/c1-9-8-10(2)20-15(17-9)14(11(3)19-20)16(22)18-13(6-7-21)12-4-5-12/h8,12-13,21H,4-7H2,1-3H3,(H,18,22). The van der Waals surface area contributed by atoms with Crippen LogP contribution in [0.1, 0.15) is 46.7 Å². The van der Waals surface area contributed by atoms with E-state index in [2.05, 4.69) is 15.4 Å². The van der Waals surface area contributed by atoms with E-state index >= 15 is 0 Å². The van der Waals surface area contributed by atoms with Crippen LogP contribution < -0.4 is 5.32 Å². The van der Waals surface area contributed by atoms with Crippen molar-refractivity contribution < 1.29 is 9.90 Å². The molecule has 0 aromatic carbocycles. The Morgan fingerprint density at radius 3 is 2.82 bits per heavy atom. The summed E-state index contributed by atoms with van der Waals surface area (Å²) in [5.74, 6) is 0.352. The molecule has 1 amide bonds. The third-order valence-electron chi connectivity index (χ3n) is 4.24.